The highest BCUT2D eigenvalue weighted by Gasteiger charge is 2.40. The van der Waals surface area contributed by atoms with E-state index in [1.165, 1.54) is 0 Å². The third-order valence-corrected chi connectivity index (χ3v) is 1.75. The minimum absolute atomic E-state index is 0.0317. The van der Waals surface area contributed by atoms with Crippen LogP contribution < -0.4 is 0 Å². The van der Waals surface area contributed by atoms with E-state index in [1.807, 2.05) is 0 Å². The number of carbonyl (C=O) groups excluding carboxylic acids is 2. The van der Waals surface area contributed by atoms with Gasteiger partial charge in [-0.2, -0.15) is 0 Å². The smallest absolute Gasteiger partial charge is 0.410 e. The molecule has 0 rings (SSSR count). The normalized spacial score (nSPS) is 14.2. The van der Waals surface area contributed by atoms with E-state index in [9.17, 15) is 18.4 Å². The zero-order valence-electron chi connectivity index (χ0n) is 10.1. The van der Waals surface area contributed by atoms with Crippen molar-refractivity contribution in [3.05, 3.63) is 0 Å². The Bertz CT molecular complexity index is 268. The fourth-order valence-corrected chi connectivity index (χ4v) is 0.998. The van der Waals surface area contributed by atoms with Gasteiger partial charge in [-0.3, -0.25) is 4.90 Å². The summed E-state index contributed by atoms with van der Waals surface area (Å²) in [7, 11) is 1.10. The average molecular weight is 237 g/mol. The lowest BCUT2D eigenvalue weighted by molar-refractivity contribution is -0.125. The molecular weight excluding hydrogens is 220 g/mol. The standard InChI is InChI=1S/C10H17F2NO3/c1-9(2,3)16-8(15)13(5)7(6-14)10(4,11)12/h6-7H,1-5H3. The second kappa shape index (κ2) is 4.76. The van der Waals surface area contributed by atoms with Crippen molar-refractivity contribution in [1.82, 2.24) is 4.90 Å². The van der Waals surface area contributed by atoms with Gasteiger partial charge in [-0.05, 0) is 20.8 Å². The molecule has 1 atom stereocenters. The number of ether oxygens (including phenoxy) is 1. The first-order valence-corrected chi connectivity index (χ1v) is 4.78. The number of carbonyl (C=O) groups is 2. The van der Waals surface area contributed by atoms with Gasteiger partial charge in [0, 0.05) is 14.0 Å². The fourth-order valence-electron chi connectivity index (χ4n) is 0.998. The molecule has 4 nitrogen and oxygen atoms in total. The van der Waals surface area contributed by atoms with Crippen LogP contribution in [0.1, 0.15) is 27.7 Å². The Morgan fingerprint density at radius 1 is 1.31 bits per heavy atom. The molecule has 1 unspecified atom stereocenters. The lowest BCUT2D eigenvalue weighted by Crippen LogP contribution is -2.49. The van der Waals surface area contributed by atoms with Crippen LogP contribution in [0.15, 0.2) is 0 Å². The maximum Gasteiger partial charge on any atom is 0.410 e. The molecule has 0 radical (unpaired) electrons. The van der Waals surface area contributed by atoms with Crippen LogP contribution in [0.3, 0.4) is 0 Å². The van der Waals surface area contributed by atoms with E-state index >= 15 is 0 Å². The molecule has 0 fully saturated rings. The molecule has 0 spiro atoms. The summed E-state index contributed by atoms with van der Waals surface area (Å²) < 4.78 is 30.8. The van der Waals surface area contributed by atoms with Crippen molar-refractivity contribution in [2.45, 2.75) is 45.3 Å². The van der Waals surface area contributed by atoms with Crippen LogP contribution in [0.4, 0.5) is 13.6 Å². The topological polar surface area (TPSA) is 46.6 Å². The van der Waals surface area contributed by atoms with Crippen LogP contribution in [-0.2, 0) is 9.53 Å². The number of likely N-dealkylation sites (N-methyl/N-ethyl adjacent to an activating group) is 1. The van der Waals surface area contributed by atoms with Crippen molar-refractivity contribution < 1.29 is 23.1 Å². The zero-order chi connectivity index (χ0) is 13.1. The van der Waals surface area contributed by atoms with E-state index in [1.54, 1.807) is 20.8 Å². The summed E-state index contributed by atoms with van der Waals surface area (Å²) in [6.45, 7) is 5.41. The number of halogens is 2. The number of nitrogens with zero attached hydrogens (tertiary/aromatic N) is 1. The Kier molecular flexibility index (Phi) is 4.40. The van der Waals surface area contributed by atoms with Gasteiger partial charge in [0.15, 0.2) is 6.04 Å². The van der Waals surface area contributed by atoms with Crippen LogP contribution in [-0.4, -0.2) is 41.9 Å². The van der Waals surface area contributed by atoms with Gasteiger partial charge in [0.1, 0.15) is 11.9 Å². The van der Waals surface area contributed by atoms with E-state index in [-0.39, 0.29) is 6.29 Å². The van der Waals surface area contributed by atoms with E-state index in [0.29, 0.717) is 11.8 Å². The molecule has 0 aliphatic rings. The summed E-state index contributed by atoms with van der Waals surface area (Å²) in [4.78, 5) is 22.5. The highest BCUT2D eigenvalue weighted by Crippen LogP contribution is 2.21. The highest BCUT2D eigenvalue weighted by molar-refractivity contribution is 5.74. The molecule has 0 saturated heterocycles. The molecule has 0 aliphatic heterocycles. The molecule has 16 heavy (non-hydrogen) atoms. The summed E-state index contributed by atoms with van der Waals surface area (Å²) in [6, 6.07) is -1.82. The maximum atomic E-state index is 13.0. The Labute approximate surface area is 93.6 Å². The summed E-state index contributed by atoms with van der Waals surface area (Å²) >= 11 is 0. The zero-order valence-corrected chi connectivity index (χ0v) is 10.1. The third-order valence-electron chi connectivity index (χ3n) is 1.75. The second-order valence-electron chi connectivity index (χ2n) is 4.63. The van der Waals surface area contributed by atoms with Gasteiger partial charge in [0.25, 0.3) is 5.92 Å². The Balaban J connectivity index is 4.71. The van der Waals surface area contributed by atoms with Crippen LogP contribution >= 0.6 is 0 Å². The quantitative estimate of drug-likeness (QED) is 0.706. The molecular formula is C10H17F2NO3. The lowest BCUT2D eigenvalue weighted by Gasteiger charge is -2.30. The van der Waals surface area contributed by atoms with Gasteiger partial charge in [-0.15, -0.1) is 0 Å². The summed E-state index contributed by atoms with van der Waals surface area (Å²) in [5, 5.41) is 0. The number of rotatable bonds is 3. The number of amides is 1. The number of hydrogen-bond donors (Lipinski definition) is 0. The minimum Gasteiger partial charge on any atom is -0.444 e. The van der Waals surface area contributed by atoms with Gasteiger partial charge in [0.2, 0.25) is 0 Å². The van der Waals surface area contributed by atoms with Crippen molar-refractivity contribution in [1.29, 1.82) is 0 Å². The summed E-state index contributed by atoms with van der Waals surface area (Å²) in [6.07, 6.45) is -0.921. The monoisotopic (exact) mass is 237 g/mol. The number of aldehydes is 1. The lowest BCUT2D eigenvalue weighted by atomic mass is 10.1. The van der Waals surface area contributed by atoms with Crippen LogP contribution in [0.2, 0.25) is 0 Å². The van der Waals surface area contributed by atoms with Crippen molar-refractivity contribution >= 4 is 12.4 Å². The molecule has 6 heteroatoms. The molecule has 0 bridgehead atoms. The van der Waals surface area contributed by atoms with Crippen molar-refractivity contribution in [2.24, 2.45) is 0 Å². The molecule has 0 aromatic carbocycles. The molecule has 0 aromatic heterocycles. The van der Waals surface area contributed by atoms with Crippen molar-refractivity contribution in [3.63, 3.8) is 0 Å². The fraction of sp³-hybridized carbons (Fsp3) is 0.800. The van der Waals surface area contributed by atoms with E-state index in [2.05, 4.69) is 0 Å². The van der Waals surface area contributed by atoms with Gasteiger partial charge >= 0.3 is 6.09 Å². The first kappa shape index (κ1) is 14.8. The van der Waals surface area contributed by atoms with Crippen LogP contribution in [0.5, 0.6) is 0 Å². The first-order chi connectivity index (χ1) is 6.99. The average Bonchev–Trinajstić information content (AvgIpc) is 1.99. The summed E-state index contributed by atoms with van der Waals surface area (Å²) in [5.74, 6) is -3.30. The predicted molar refractivity (Wildman–Crippen MR) is 54.5 cm³/mol. The molecule has 0 heterocycles. The SMILES string of the molecule is CN(C(=O)OC(C)(C)C)C(C=O)C(C)(F)F. The Hall–Kier alpha value is -1.20. The first-order valence-electron chi connectivity index (χ1n) is 4.78. The molecule has 0 aliphatic carbocycles. The van der Waals surface area contributed by atoms with E-state index < -0.39 is 23.7 Å². The molecule has 94 valence electrons. The molecule has 1 amide bonds. The van der Waals surface area contributed by atoms with Crippen molar-refractivity contribution in [3.8, 4) is 0 Å². The molecule has 0 aromatic rings. The molecule has 0 saturated carbocycles. The second-order valence-corrected chi connectivity index (χ2v) is 4.63. The number of hydrogen-bond acceptors (Lipinski definition) is 3. The third kappa shape index (κ3) is 4.55. The largest absolute Gasteiger partial charge is 0.444 e. The Morgan fingerprint density at radius 3 is 2.00 bits per heavy atom. The van der Waals surface area contributed by atoms with Crippen LogP contribution in [0, 0.1) is 0 Å². The Morgan fingerprint density at radius 2 is 1.75 bits per heavy atom. The van der Waals surface area contributed by atoms with Gasteiger partial charge in [-0.25, -0.2) is 13.6 Å². The van der Waals surface area contributed by atoms with Gasteiger partial charge < -0.3 is 9.53 Å². The predicted octanol–water partition coefficient (Wildman–Crippen LogP) is 2.08. The minimum atomic E-state index is -3.30. The van der Waals surface area contributed by atoms with Crippen LogP contribution in [0.25, 0.3) is 0 Å². The van der Waals surface area contributed by atoms with E-state index in [4.69, 9.17) is 4.74 Å². The summed E-state index contributed by atoms with van der Waals surface area (Å²) in [5.41, 5.74) is -0.790. The van der Waals surface area contributed by atoms with E-state index in [0.717, 1.165) is 7.05 Å². The molecule has 0 N–H and O–H groups in total. The van der Waals surface area contributed by atoms with Crippen molar-refractivity contribution in [2.75, 3.05) is 7.05 Å². The number of alkyl halides is 2. The maximum absolute atomic E-state index is 13.0. The highest BCUT2D eigenvalue weighted by atomic mass is 19.3. The van der Waals surface area contributed by atoms with Gasteiger partial charge in [-0.1, -0.05) is 0 Å². The van der Waals surface area contributed by atoms with Gasteiger partial charge in [0.05, 0.1) is 0 Å².